The van der Waals surface area contributed by atoms with Gasteiger partial charge in [0.25, 0.3) is 0 Å². The summed E-state index contributed by atoms with van der Waals surface area (Å²) >= 11 is 0. The SMILES string of the molecule is C=C(NCC(C)(C)C)C(C)(C)C/C=C\CCCC(C)(C)C. The van der Waals surface area contributed by atoms with E-state index in [1.165, 1.54) is 19.3 Å². The van der Waals surface area contributed by atoms with Crippen LogP contribution in [0.25, 0.3) is 0 Å². The summed E-state index contributed by atoms with van der Waals surface area (Å²) in [5, 5.41) is 3.51. The van der Waals surface area contributed by atoms with Crippen molar-refractivity contribution in [2.45, 2.75) is 81.1 Å². The van der Waals surface area contributed by atoms with E-state index in [-0.39, 0.29) is 5.41 Å². The van der Waals surface area contributed by atoms with Gasteiger partial charge in [0.05, 0.1) is 0 Å². The topological polar surface area (TPSA) is 12.0 Å². The zero-order valence-electron chi connectivity index (χ0n) is 15.9. The standard InChI is InChI=1S/C20H39N/c1-17(21-16-19(5,6)7)20(8,9)15-13-11-10-12-14-18(2,3)4/h11,13,21H,1,10,12,14-16H2,2-9H3/b13-11-. The van der Waals surface area contributed by atoms with Gasteiger partial charge in [-0.3, -0.25) is 0 Å². The lowest BCUT2D eigenvalue weighted by molar-refractivity contribution is 0.354. The zero-order chi connectivity index (χ0) is 16.7. The van der Waals surface area contributed by atoms with Crippen LogP contribution in [0.3, 0.4) is 0 Å². The molecule has 1 nitrogen and oxygen atoms in total. The largest absolute Gasteiger partial charge is 0.388 e. The van der Waals surface area contributed by atoms with Crippen molar-refractivity contribution in [3.63, 3.8) is 0 Å². The lowest BCUT2D eigenvalue weighted by Gasteiger charge is -2.30. The molecule has 0 aliphatic carbocycles. The highest BCUT2D eigenvalue weighted by Gasteiger charge is 2.21. The van der Waals surface area contributed by atoms with Crippen LogP contribution in [0, 0.1) is 16.2 Å². The Morgan fingerprint density at radius 2 is 1.48 bits per heavy atom. The van der Waals surface area contributed by atoms with Crippen molar-refractivity contribution in [1.82, 2.24) is 5.32 Å². The van der Waals surface area contributed by atoms with Gasteiger partial charge in [-0.05, 0) is 36.5 Å². The molecule has 0 amide bonds. The summed E-state index contributed by atoms with van der Waals surface area (Å²) in [5.41, 5.74) is 2.02. The number of allylic oxidation sites excluding steroid dienone is 3. The van der Waals surface area contributed by atoms with Crippen molar-refractivity contribution in [3.05, 3.63) is 24.4 Å². The molecule has 0 bridgehead atoms. The van der Waals surface area contributed by atoms with Crippen LogP contribution < -0.4 is 5.32 Å². The van der Waals surface area contributed by atoms with Gasteiger partial charge < -0.3 is 5.32 Å². The number of hydrogen-bond acceptors (Lipinski definition) is 1. The van der Waals surface area contributed by atoms with Crippen LogP contribution in [0.4, 0.5) is 0 Å². The van der Waals surface area contributed by atoms with E-state index in [9.17, 15) is 0 Å². The van der Waals surface area contributed by atoms with E-state index in [1.807, 2.05) is 0 Å². The molecule has 1 N–H and O–H groups in total. The quantitative estimate of drug-likeness (QED) is 0.407. The van der Waals surface area contributed by atoms with Gasteiger partial charge in [0.2, 0.25) is 0 Å². The number of nitrogens with one attached hydrogen (secondary N) is 1. The molecule has 0 aliphatic heterocycles. The van der Waals surface area contributed by atoms with Gasteiger partial charge in [-0.2, -0.15) is 0 Å². The Balaban J connectivity index is 4.08. The van der Waals surface area contributed by atoms with Crippen molar-refractivity contribution in [1.29, 1.82) is 0 Å². The highest BCUT2D eigenvalue weighted by molar-refractivity contribution is 5.08. The first-order valence-electron chi connectivity index (χ1n) is 8.42. The predicted molar refractivity (Wildman–Crippen MR) is 97.4 cm³/mol. The van der Waals surface area contributed by atoms with Crippen LogP contribution in [-0.2, 0) is 0 Å². The number of hydrogen-bond donors (Lipinski definition) is 1. The van der Waals surface area contributed by atoms with E-state index in [1.54, 1.807) is 0 Å². The molecule has 0 radical (unpaired) electrons. The molecule has 0 spiro atoms. The van der Waals surface area contributed by atoms with Crippen molar-refractivity contribution < 1.29 is 0 Å². The molecule has 0 saturated heterocycles. The molecule has 0 unspecified atom stereocenters. The van der Waals surface area contributed by atoms with Gasteiger partial charge >= 0.3 is 0 Å². The van der Waals surface area contributed by atoms with E-state index in [2.05, 4.69) is 79.4 Å². The minimum Gasteiger partial charge on any atom is -0.388 e. The van der Waals surface area contributed by atoms with Crippen LogP contribution in [0.2, 0.25) is 0 Å². The second-order valence-electron chi connectivity index (χ2n) is 9.41. The smallest absolute Gasteiger partial charge is 0.0192 e. The highest BCUT2D eigenvalue weighted by atomic mass is 14.9. The third-order valence-corrected chi connectivity index (χ3v) is 3.74. The van der Waals surface area contributed by atoms with E-state index in [0.717, 1.165) is 18.7 Å². The molecular formula is C20H39N. The molecule has 0 aromatic heterocycles. The number of rotatable bonds is 8. The highest BCUT2D eigenvalue weighted by Crippen LogP contribution is 2.29. The molecule has 0 aliphatic rings. The molecule has 21 heavy (non-hydrogen) atoms. The van der Waals surface area contributed by atoms with E-state index < -0.39 is 0 Å². The second-order valence-corrected chi connectivity index (χ2v) is 9.41. The Morgan fingerprint density at radius 1 is 0.905 bits per heavy atom. The molecule has 0 saturated carbocycles. The third-order valence-electron chi connectivity index (χ3n) is 3.74. The van der Waals surface area contributed by atoms with Gasteiger partial charge in [0, 0.05) is 17.7 Å². The molecule has 0 fully saturated rings. The van der Waals surface area contributed by atoms with Gasteiger partial charge in [-0.25, -0.2) is 0 Å². The molecule has 124 valence electrons. The summed E-state index contributed by atoms with van der Waals surface area (Å²) in [7, 11) is 0. The van der Waals surface area contributed by atoms with Gasteiger partial charge in [0.15, 0.2) is 0 Å². The van der Waals surface area contributed by atoms with E-state index >= 15 is 0 Å². The predicted octanol–water partition coefficient (Wildman–Crippen LogP) is 6.32. The normalized spacial score (nSPS) is 13.7. The maximum absolute atomic E-state index is 4.23. The lowest BCUT2D eigenvalue weighted by atomic mass is 9.85. The van der Waals surface area contributed by atoms with Crippen LogP contribution in [-0.4, -0.2) is 6.54 Å². The molecule has 0 aromatic rings. The molecular weight excluding hydrogens is 254 g/mol. The molecule has 0 aromatic carbocycles. The fourth-order valence-electron chi connectivity index (χ4n) is 1.98. The van der Waals surface area contributed by atoms with E-state index in [4.69, 9.17) is 0 Å². The Bertz CT molecular complexity index is 334. The maximum Gasteiger partial charge on any atom is 0.0192 e. The second kappa shape index (κ2) is 8.06. The Labute approximate surface area is 134 Å². The Hall–Kier alpha value is -0.720. The summed E-state index contributed by atoms with van der Waals surface area (Å²) in [6.07, 6.45) is 9.48. The van der Waals surface area contributed by atoms with Crippen LogP contribution in [0.15, 0.2) is 24.4 Å². The van der Waals surface area contributed by atoms with Crippen molar-refractivity contribution in [2.24, 2.45) is 16.2 Å². The summed E-state index contributed by atoms with van der Waals surface area (Å²) < 4.78 is 0. The fraction of sp³-hybridized carbons (Fsp3) is 0.800. The minimum absolute atomic E-state index is 0.117. The molecule has 0 heterocycles. The summed E-state index contributed by atoms with van der Waals surface area (Å²) in [6.45, 7) is 23.4. The first-order chi connectivity index (χ1) is 9.33. The average molecular weight is 294 g/mol. The summed E-state index contributed by atoms with van der Waals surface area (Å²) in [5.74, 6) is 0. The first kappa shape index (κ1) is 20.3. The molecule has 0 rings (SSSR count). The lowest BCUT2D eigenvalue weighted by Crippen LogP contribution is -2.32. The first-order valence-corrected chi connectivity index (χ1v) is 8.42. The van der Waals surface area contributed by atoms with Crippen molar-refractivity contribution in [3.8, 4) is 0 Å². The van der Waals surface area contributed by atoms with Crippen LogP contribution in [0.1, 0.15) is 81.1 Å². The maximum atomic E-state index is 4.23. The molecule has 1 heteroatoms. The van der Waals surface area contributed by atoms with E-state index in [0.29, 0.717) is 10.8 Å². The Kier molecular flexibility index (Phi) is 7.78. The fourth-order valence-corrected chi connectivity index (χ4v) is 1.98. The number of unbranched alkanes of at least 4 members (excludes halogenated alkanes) is 1. The average Bonchev–Trinajstić information content (AvgIpc) is 2.28. The third kappa shape index (κ3) is 11.6. The summed E-state index contributed by atoms with van der Waals surface area (Å²) in [4.78, 5) is 0. The van der Waals surface area contributed by atoms with Crippen LogP contribution >= 0.6 is 0 Å². The Morgan fingerprint density at radius 3 is 1.95 bits per heavy atom. The van der Waals surface area contributed by atoms with Crippen molar-refractivity contribution >= 4 is 0 Å². The molecule has 0 atom stereocenters. The minimum atomic E-state index is 0.117. The van der Waals surface area contributed by atoms with Gasteiger partial charge in [0.1, 0.15) is 0 Å². The monoisotopic (exact) mass is 293 g/mol. The zero-order valence-corrected chi connectivity index (χ0v) is 15.9. The summed E-state index contributed by atoms with van der Waals surface area (Å²) in [6, 6.07) is 0. The van der Waals surface area contributed by atoms with Gasteiger partial charge in [-0.1, -0.05) is 74.1 Å². The van der Waals surface area contributed by atoms with Crippen LogP contribution in [0.5, 0.6) is 0 Å². The van der Waals surface area contributed by atoms with Crippen molar-refractivity contribution in [2.75, 3.05) is 6.54 Å². The van der Waals surface area contributed by atoms with Gasteiger partial charge in [-0.15, -0.1) is 0 Å².